The van der Waals surface area contributed by atoms with E-state index in [1.165, 1.54) is 22.3 Å². The minimum absolute atomic E-state index is 0.0886. The molecular formula is C18H21NO2Si. The third-order valence-corrected chi connectivity index (χ3v) is 6.52. The normalized spacial score (nSPS) is 14.1. The summed E-state index contributed by atoms with van der Waals surface area (Å²) in [5.74, 6) is 0. The Hall–Kier alpha value is -2.07. The van der Waals surface area contributed by atoms with Gasteiger partial charge in [-0.1, -0.05) is 62.1 Å². The van der Waals surface area contributed by atoms with E-state index in [1.54, 1.807) is 0 Å². The second kappa shape index (κ2) is 5.28. The molecule has 3 nitrogen and oxygen atoms in total. The largest absolute Gasteiger partial charge is 0.465 e. The van der Waals surface area contributed by atoms with Crippen LogP contribution in [-0.2, 0) is 6.42 Å². The Morgan fingerprint density at radius 2 is 1.77 bits per heavy atom. The number of hydrogen-bond donors (Lipinski definition) is 2. The van der Waals surface area contributed by atoms with Crippen LogP contribution >= 0.6 is 0 Å². The van der Waals surface area contributed by atoms with Gasteiger partial charge in [0.25, 0.3) is 0 Å². The van der Waals surface area contributed by atoms with Crippen molar-refractivity contribution in [2.45, 2.75) is 31.7 Å². The first-order valence-electron chi connectivity index (χ1n) is 7.57. The Kier molecular flexibility index (Phi) is 3.57. The SMILES string of the molecule is C[Si](C)(C)C(NC(=O)O)c1cccc2c1Cc1ccccc1-2. The molecule has 0 saturated heterocycles. The summed E-state index contributed by atoms with van der Waals surface area (Å²) in [7, 11) is -1.73. The van der Waals surface area contributed by atoms with Gasteiger partial charge in [-0.25, -0.2) is 4.79 Å². The van der Waals surface area contributed by atoms with Crippen LogP contribution in [0.15, 0.2) is 42.5 Å². The summed E-state index contributed by atoms with van der Waals surface area (Å²) in [6.45, 7) is 6.61. The summed E-state index contributed by atoms with van der Waals surface area (Å²) in [6, 6.07) is 14.7. The molecule has 0 radical (unpaired) electrons. The zero-order valence-electron chi connectivity index (χ0n) is 13.2. The van der Waals surface area contributed by atoms with Crippen LogP contribution in [0.4, 0.5) is 4.79 Å². The van der Waals surface area contributed by atoms with Crippen molar-refractivity contribution in [1.82, 2.24) is 5.32 Å². The average Bonchev–Trinajstić information content (AvgIpc) is 2.82. The monoisotopic (exact) mass is 311 g/mol. The molecule has 22 heavy (non-hydrogen) atoms. The highest BCUT2D eigenvalue weighted by atomic mass is 28.3. The first kappa shape index (κ1) is 14.8. The molecule has 1 unspecified atom stereocenters. The standard InChI is InChI=1S/C18H21NO2Si/c1-22(2,3)17(19-18(20)21)15-10-6-9-14-13-8-5-4-7-12(13)11-16(14)15/h4-10,17,19H,11H2,1-3H3,(H,20,21). The molecule has 0 aliphatic heterocycles. The number of benzene rings is 2. The quantitative estimate of drug-likeness (QED) is 0.702. The maximum absolute atomic E-state index is 11.3. The first-order valence-corrected chi connectivity index (χ1v) is 11.1. The highest BCUT2D eigenvalue weighted by Gasteiger charge is 2.33. The Morgan fingerprint density at radius 3 is 2.45 bits per heavy atom. The summed E-state index contributed by atoms with van der Waals surface area (Å²) in [6.07, 6.45) is -0.0511. The summed E-state index contributed by atoms with van der Waals surface area (Å²) < 4.78 is 0. The number of hydrogen-bond acceptors (Lipinski definition) is 1. The Balaban J connectivity index is 2.12. The molecule has 0 aromatic heterocycles. The van der Waals surface area contributed by atoms with Gasteiger partial charge in [-0.3, -0.25) is 0 Å². The summed E-state index contributed by atoms with van der Waals surface area (Å²) in [5, 5.41) is 12.0. The van der Waals surface area contributed by atoms with E-state index in [9.17, 15) is 9.90 Å². The van der Waals surface area contributed by atoms with Crippen molar-refractivity contribution < 1.29 is 9.90 Å². The number of amides is 1. The van der Waals surface area contributed by atoms with Gasteiger partial charge in [-0.15, -0.1) is 0 Å². The lowest BCUT2D eigenvalue weighted by molar-refractivity contribution is 0.193. The zero-order valence-corrected chi connectivity index (χ0v) is 14.2. The number of carbonyl (C=O) groups is 1. The van der Waals surface area contributed by atoms with Gasteiger partial charge >= 0.3 is 6.09 Å². The molecule has 1 aliphatic rings. The first-order chi connectivity index (χ1) is 10.4. The molecule has 0 bridgehead atoms. The Labute approximate surface area is 132 Å². The lowest BCUT2D eigenvalue weighted by Gasteiger charge is -2.30. The van der Waals surface area contributed by atoms with Gasteiger partial charge in [-0.05, 0) is 34.2 Å². The van der Waals surface area contributed by atoms with E-state index in [2.05, 4.69) is 61.4 Å². The molecule has 0 saturated carbocycles. The topological polar surface area (TPSA) is 49.3 Å². The van der Waals surface area contributed by atoms with Crippen molar-refractivity contribution in [3.8, 4) is 11.1 Å². The second-order valence-electron chi connectivity index (χ2n) is 6.96. The summed E-state index contributed by atoms with van der Waals surface area (Å²) in [4.78, 5) is 11.3. The van der Waals surface area contributed by atoms with Crippen LogP contribution in [-0.4, -0.2) is 19.3 Å². The molecule has 0 spiro atoms. The maximum Gasteiger partial charge on any atom is 0.404 e. The van der Waals surface area contributed by atoms with Crippen molar-refractivity contribution in [2.75, 3.05) is 0 Å². The lowest BCUT2D eigenvalue weighted by atomic mass is 10.0. The van der Waals surface area contributed by atoms with Crippen molar-refractivity contribution in [3.05, 3.63) is 59.2 Å². The molecule has 1 aliphatic carbocycles. The highest BCUT2D eigenvalue weighted by Crippen LogP contribution is 2.41. The minimum atomic E-state index is -1.73. The molecule has 2 aromatic carbocycles. The summed E-state index contributed by atoms with van der Waals surface area (Å²) in [5.41, 5.74) is 6.21. The minimum Gasteiger partial charge on any atom is -0.465 e. The molecule has 1 amide bonds. The van der Waals surface area contributed by atoms with E-state index in [0.717, 1.165) is 12.0 Å². The van der Waals surface area contributed by atoms with E-state index in [-0.39, 0.29) is 5.67 Å². The fourth-order valence-corrected chi connectivity index (χ4v) is 5.10. The van der Waals surface area contributed by atoms with Crippen molar-refractivity contribution in [3.63, 3.8) is 0 Å². The third-order valence-electron chi connectivity index (χ3n) is 4.33. The van der Waals surface area contributed by atoms with Crippen LogP contribution in [0.25, 0.3) is 11.1 Å². The van der Waals surface area contributed by atoms with Gasteiger partial charge < -0.3 is 10.4 Å². The van der Waals surface area contributed by atoms with E-state index < -0.39 is 14.2 Å². The molecule has 114 valence electrons. The van der Waals surface area contributed by atoms with Crippen LogP contribution in [0, 0.1) is 0 Å². The van der Waals surface area contributed by atoms with Gasteiger partial charge in [0.2, 0.25) is 0 Å². The zero-order chi connectivity index (χ0) is 15.9. The smallest absolute Gasteiger partial charge is 0.404 e. The number of carboxylic acid groups (broad SMARTS) is 1. The Bertz CT molecular complexity index is 734. The van der Waals surface area contributed by atoms with E-state index in [0.29, 0.717) is 0 Å². The lowest BCUT2D eigenvalue weighted by Crippen LogP contribution is -2.43. The predicted octanol–water partition coefficient (Wildman–Crippen LogP) is 4.44. The number of fused-ring (bicyclic) bond motifs is 3. The van der Waals surface area contributed by atoms with Gasteiger partial charge in [0.1, 0.15) is 0 Å². The van der Waals surface area contributed by atoms with Crippen LogP contribution in [0.5, 0.6) is 0 Å². The number of rotatable bonds is 3. The number of nitrogens with one attached hydrogen (secondary N) is 1. The average molecular weight is 311 g/mol. The Morgan fingerprint density at radius 1 is 1.09 bits per heavy atom. The van der Waals surface area contributed by atoms with Crippen LogP contribution in [0.1, 0.15) is 22.4 Å². The fraction of sp³-hybridized carbons (Fsp3) is 0.278. The van der Waals surface area contributed by atoms with Crippen LogP contribution in [0.3, 0.4) is 0 Å². The van der Waals surface area contributed by atoms with Gasteiger partial charge in [0.15, 0.2) is 0 Å². The van der Waals surface area contributed by atoms with E-state index in [4.69, 9.17) is 0 Å². The maximum atomic E-state index is 11.3. The van der Waals surface area contributed by atoms with E-state index >= 15 is 0 Å². The third kappa shape index (κ3) is 2.54. The van der Waals surface area contributed by atoms with E-state index in [1.807, 2.05) is 6.07 Å². The fourth-order valence-electron chi connectivity index (χ4n) is 3.34. The van der Waals surface area contributed by atoms with Gasteiger partial charge in [-0.2, -0.15) is 0 Å². The van der Waals surface area contributed by atoms with Gasteiger partial charge in [0, 0.05) is 5.67 Å². The van der Waals surface area contributed by atoms with Crippen molar-refractivity contribution in [1.29, 1.82) is 0 Å². The molecule has 4 heteroatoms. The molecule has 1 atom stereocenters. The predicted molar refractivity (Wildman–Crippen MR) is 91.9 cm³/mol. The molecule has 2 aromatic rings. The molecule has 0 heterocycles. The molecule has 0 fully saturated rings. The highest BCUT2D eigenvalue weighted by molar-refractivity contribution is 6.77. The molecule has 2 N–H and O–H groups in total. The van der Waals surface area contributed by atoms with Crippen molar-refractivity contribution in [2.24, 2.45) is 0 Å². The molecular weight excluding hydrogens is 290 g/mol. The van der Waals surface area contributed by atoms with Crippen LogP contribution in [0.2, 0.25) is 19.6 Å². The van der Waals surface area contributed by atoms with Gasteiger partial charge in [0.05, 0.1) is 8.07 Å². The van der Waals surface area contributed by atoms with Crippen LogP contribution < -0.4 is 5.32 Å². The summed E-state index contributed by atoms with van der Waals surface area (Å²) >= 11 is 0. The molecule has 3 rings (SSSR count). The second-order valence-corrected chi connectivity index (χ2v) is 12.3. The van der Waals surface area contributed by atoms with Crippen molar-refractivity contribution >= 4 is 14.2 Å².